The van der Waals surface area contributed by atoms with Crippen LogP contribution in [0.25, 0.3) is 0 Å². The number of aromatic nitrogens is 2. The van der Waals surface area contributed by atoms with Gasteiger partial charge in [0.15, 0.2) is 0 Å². The molecule has 17 heavy (non-hydrogen) atoms. The fraction of sp³-hybridized carbons (Fsp3) is 0.769. The second kappa shape index (κ2) is 6.17. The molecule has 1 N–H and O–H groups in total. The van der Waals surface area contributed by atoms with Crippen molar-refractivity contribution < 1.29 is 4.74 Å². The molecule has 2 heterocycles. The monoisotopic (exact) mass is 237 g/mol. The van der Waals surface area contributed by atoms with Gasteiger partial charge < -0.3 is 10.1 Å². The smallest absolute Gasteiger partial charge is 0.0522 e. The molecule has 1 saturated heterocycles. The SMILES string of the molecule is CCNC(Cc1cnn(C)c1)C1CCCOC1. The molecule has 2 unspecified atom stereocenters. The van der Waals surface area contributed by atoms with Crippen molar-refractivity contribution in [3.63, 3.8) is 0 Å². The summed E-state index contributed by atoms with van der Waals surface area (Å²) in [5, 5.41) is 7.83. The Bertz CT molecular complexity index is 331. The van der Waals surface area contributed by atoms with E-state index < -0.39 is 0 Å². The lowest BCUT2D eigenvalue weighted by molar-refractivity contribution is 0.0396. The van der Waals surface area contributed by atoms with E-state index in [0.717, 1.165) is 26.2 Å². The van der Waals surface area contributed by atoms with Crippen LogP contribution in [0.15, 0.2) is 12.4 Å². The Hall–Kier alpha value is -0.870. The molecule has 0 aliphatic carbocycles. The average molecular weight is 237 g/mol. The Kier molecular flexibility index (Phi) is 4.57. The highest BCUT2D eigenvalue weighted by atomic mass is 16.5. The predicted octanol–water partition coefficient (Wildman–Crippen LogP) is 1.37. The maximum Gasteiger partial charge on any atom is 0.0522 e. The first-order chi connectivity index (χ1) is 8.29. The van der Waals surface area contributed by atoms with Crippen molar-refractivity contribution in [1.29, 1.82) is 0 Å². The van der Waals surface area contributed by atoms with Crippen LogP contribution in [0.2, 0.25) is 0 Å². The zero-order valence-corrected chi connectivity index (χ0v) is 10.9. The number of ether oxygens (including phenoxy) is 1. The van der Waals surface area contributed by atoms with Gasteiger partial charge in [0.2, 0.25) is 0 Å². The maximum atomic E-state index is 5.59. The standard InChI is InChI=1S/C13H23N3O/c1-3-14-13(12-5-4-6-17-10-12)7-11-8-15-16(2)9-11/h8-9,12-14H,3-7,10H2,1-2H3. The lowest BCUT2D eigenvalue weighted by Crippen LogP contribution is -2.41. The van der Waals surface area contributed by atoms with Gasteiger partial charge in [-0.05, 0) is 37.3 Å². The Balaban J connectivity index is 1.95. The van der Waals surface area contributed by atoms with E-state index >= 15 is 0 Å². The first-order valence-electron chi connectivity index (χ1n) is 6.58. The number of rotatable bonds is 5. The lowest BCUT2D eigenvalue weighted by atomic mass is 9.90. The Morgan fingerprint density at radius 3 is 3.12 bits per heavy atom. The summed E-state index contributed by atoms with van der Waals surface area (Å²) in [6.07, 6.45) is 7.59. The molecule has 2 rings (SSSR count). The Labute approximate surface area is 103 Å². The van der Waals surface area contributed by atoms with Gasteiger partial charge in [0.05, 0.1) is 12.8 Å². The summed E-state index contributed by atoms with van der Waals surface area (Å²) < 4.78 is 7.46. The Morgan fingerprint density at radius 2 is 2.53 bits per heavy atom. The molecule has 0 aromatic carbocycles. The van der Waals surface area contributed by atoms with Crippen molar-refractivity contribution >= 4 is 0 Å². The molecule has 0 amide bonds. The third kappa shape index (κ3) is 3.54. The lowest BCUT2D eigenvalue weighted by Gasteiger charge is -2.30. The van der Waals surface area contributed by atoms with E-state index in [1.54, 1.807) is 0 Å². The molecule has 0 spiro atoms. The topological polar surface area (TPSA) is 39.1 Å². The van der Waals surface area contributed by atoms with E-state index in [9.17, 15) is 0 Å². The molecule has 4 heteroatoms. The highest BCUT2D eigenvalue weighted by Crippen LogP contribution is 2.20. The quantitative estimate of drug-likeness (QED) is 0.840. The van der Waals surface area contributed by atoms with Crippen molar-refractivity contribution in [3.05, 3.63) is 18.0 Å². The molecule has 2 atom stereocenters. The van der Waals surface area contributed by atoms with Gasteiger partial charge in [-0.2, -0.15) is 5.10 Å². The van der Waals surface area contributed by atoms with Crippen molar-refractivity contribution in [2.24, 2.45) is 13.0 Å². The van der Waals surface area contributed by atoms with Crippen LogP contribution in [0.4, 0.5) is 0 Å². The molecule has 1 aliphatic rings. The van der Waals surface area contributed by atoms with Crippen LogP contribution < -0.4 is 5.32 Å². The molecule has 0 bridgehead atoms. The van der Waals surface area contributed by atoms with Crippen LogP contribution in [-0.4, -0.2) is 35.6 Å². The highest BCUT2D eigenvalue weighted by molar-refractivity contribution is 5.06. The van der Waals surface area contributed by atoms with Crippen LogP contribution in [-0.2, 0) is 18.2 Å². The molecule has 1 aliphatic heterocycles. The molecule has 1 aromatic heterocycles. The van der Waals surface area contributed by atoms with Gasteiger partial charge in [-0.25, -0.2) is 0 Å². The van der Waals surface area contributed by atoms with Crippen LogP contribution in [0.3, 0.4) is 0 Å². The van der Waals surface area contributed by atoms with Crippen LogP contribution in [0.1, 0.15) is 25.3 Å². The van der Waals surface area contributed by atoms with Gasteiger partial charge >= 0.3 is 0 Å². The van der Waals surface area contributed by atoms with Gasteiger partial charge in [0.25, 0.3) is 0 Å². The highest BCUT2D eigenvalue weighted by Gasteiger charge is 2.23. The molecule has 0 radical (unpaired) electrons. The first-order valence-corrected chi connectivity index (χ1v) is 6.58. The predicted molar refractivity (Wildman–Crippen MR) is 67.9 cm³/mol. The minimum Gasteiger partial charge on any atom is -0.381 e. The molecule has 4 nitrogen and oxygen atoms in total. The fourth-order valence-corrected chi connectivity index (χ4v) is 2.58. The number of nitrogens with zero attached hydrogens (tertiary/aromatic N) is 2. The van der Waals surface area contributed by atoms with E-state index in [0.29, 0.717) is 12.0 Å². The molecule has 96 valence electrons. The van der Waals surface area contributed by atoms with Crippen molar-refractivity contribution in [1.82, 2.24) is 15.1 Å². The van der Waals surface area contributed by atoms with E-state index in [2.05, 4.69) is 23.5 Å². The Morgan fingerprint density at radius 1 is 1.65 bits per heavy atom. The second-order valence-corrected chi connectivity index (χ2v) is 4.87. The number of nitrogens with one attached hydrogen (secondary N) is 1. The van der Waals surface area contributed by atoms with E-state index in [1.165, 1.54) is 18.4 Å². The number of hydrogen-bond donors (Lipinski definition) is 1. The van der Waals surface area contributed by atoms with Crippen LogP contribution in [0.5, 0.6) is 0 Å². The van der Waals surface area contributed by atoms with Gasteiger partial charge in [-0.3, -0.25) is 4.68 Å². The summed E-state index contributed by atoms with van der Waals surface area (Å²) in [6, 6.07) is 0.518. The van der Waals surface area contributed by atoms with Gasteiger partial charge in [0.1, 0.15) is 0 Å². The first kappa shape index (κ1) is 12.6. The van der Waals surface area contributed by atoms with E-state index in [4.69, 9.17) is 4.74 Å². The summed E-state index contributed by atoms with van der Waals surface area (Å²) in [5.74, 6) is 0.643. The van der Waals surface area contributed by atoms with Gasteiger partial charge in [-0.15, -0.1) is 0 Å². The number of likely N-dealkylation sites (N-methyl/N-ethyl adjacent to an activating group) is 1. The third-order valence-electron chi connectivity index (χ3n) is 3.44. The summed E-state index contributed by atoms with van der Waals surface area (Å²) >= 11 is 0. The van der Waals surface area contributed by atoms with Crippen molar-refractivity contribution in [2.45, 2.75) is 32.2 Å². The number of aryl methyl sites for hydroxylation is 1. The summed E-state index contributed by atoms with van der Waals surface area (Å²) in [5.41, 5.74) is 1.31. The van der Waals surface area contributed by atoms with Crippen molar-refractivity contribution in [2.75, 3.05) is 19.8 Å². The summed E-state index contributed by atoms with van der Waals surface area (Å²) in [6.45, 7) is 5.02. The minimum atomic E-state index is 0.518. The van der Waals surface area contributed by atoms with Gasteiger partial charge in [-0.1, -0.05) is 6.92 Å². The van der Waals surface area contributed by atoms with E-state index in [1.807, 2.05) is 17.9 Å². The largest absolute Gasteiger partial charge is 0.381 e. The maximum absolute atomic E-state index is 5.59. The second-order valence-electron chi connectivity index (χ2n) is 4.87. The van der Waals surface area contributed by atoms with Crippen molar-refractivity contribution in [3.8, 4) is 0 Å². The molecule has 1 fully saturated rings. The fourth-order valence-electron chi connectivity index (χ4n) is 2.58. The van der Waals surface area contributed by atoms with Gasteiger partial charge in [0, 0.05) is 25.9 Å². The van der Waals surface area contributed by atoms with Crippen LogP contribution >= 0.6 is 0 Å². The molecular weight excluding hydrogens is 214 g/mol. The minimum absolute atomic E-state index is 0.518. The normalized spacial score (nSPS) is 22.6. The summed E-state index contributed by atoms with van der Waals surface area (Å²) in [4.78, 5) is 0. The average Bonchev–Trinajstić information content (AvgIpc) is 2.75. The molecule has 0 saturated carbocycles. The zero-order valence-electron chi connectivity index (χ0n) is 10.9. The third-order valence-corrected chi connectivity index (χ3v) is 3.44. The van der Waals surface area contributed by atoms with Crippen LogP contribution in [0, 0.1) is 5.92 Å². The zero-order chi connectivity index (χ0) is 12.1. The summed E-state index contributed by atoms with van der Waals surface area (Å²) in [7, 11) is 1.97. The number of hydrogen-bond acceptors (Lipinski definition) is 3. The van der Waals surface area contributed by atoms with E-state index in [-0.39, 0.29) is 0 Å². The molecular formula is C13H23N3O. The molecule has 1 aromatic rings.